The number of hydrogen-bond donors (Lipinski definition) is 3. The molecule has 8 heteroatoms. The molecule has 0 aromatic heterocycles. The van der Waals surface area contributed by atoms with Crippen LogP contribution in [0.4, 0.5) is 0 Å². The van der Waals surface area contributed by atoms with Gasteiger partial charge in [-0.1, -0.05) is 26.3 Å². The Morgan fingerprint density at radius 2 is 1.95 bits per heavy atom. The van der Waals surface area contributed by atoms with E-state index in [4.69, 9.17) is 19.9 Å². The van der Waals surface area contributed by atoms with Crippen LogP contribution in [0.2, 0.25) is 0 Å². The van der Waals surface area contributed by atoms with Crippen molar-refractivity contribution >= 4 is 5.91 Å². The molecule has 0 saturated carbocycles. The third-order valence-corrected chi connectivity index (χ3v) is 8.15. The summed E-state index contributed by atoms with van der Waals surface area (Å²) in [6.45, 7) is 10.7. The van der Waals surface area contributed by atoms with E-state index in [1.165, 1.54) is 6.42 Å². The number of ether oxygens (including phenoxy) is 3. The molecule has 218 valence electrons. The lowest BCUT2D eigenvalue weighted by Crippen LogP contribution is -2.55. The van der Waals surface area contributed by atoms with E-state index >= 15 is 0 Å². The molecule has 1 saturated heterocycles. The third-order valence-electron chi connectivity index (χ3n) is 8.15. The first-order valence-electron chi connectivity index (χ1n) is 14.2. The summed E-state index contributed by atoms with van der Waals surface area (Å²) in [7, 11) is 5.41. The molecule has 2 rings (SSSR count). The number of amides is 1. The summed E-state index contributed by atoms with van der Waals surface area (Å²) in [5.74, 6) is 2.03. The maximum absolute atomic E-state index is 13.1. The Morgan fingerprint density at radius 3 is 2.58 bits per heavy atom. The normalized spacial score (nSPS) is 19.2. The molecule has 1 heterocycles. The SMILES string of the molecule is COCCCOc1cc(C[C@@H](C[C@H](N)[C@@H](O)CNC(=O)C(C)(C)C2CCCCN2C)C(C)C)ccc1OC. The Bertz CT molecular complexity index is 847. The van der Waals surface area contributed by atoms with Gasteiger partial charge in [0.05, 0.1) is 25.2 Å². The monoisotopic (exact) mass is 535 g/mol. The standard InChI is InChI=1S/C30H53N3O5/c1-21(2)23(17-22-12-13-26(37-7)27(18-22)38-16-10-15-36-6)19-24(31)25(34)20-32-29(35)30(3,4)28-11-8-9-14-33(28)5/h12-13,18,21,23-25,28,34H,8-11,14-17,19-20,31H2,1-7H3,(H,32,35)/t23-,24-,25-,28?/m0/s1. The molecule has 1 fully saturated rings. The van der Waals surface area contributed by atoms with Crippen LogP contribution >= 0.6 is 0 Å². The van der Waals surface area contributed by atoms with Gasteiger partial charge < -0.3 is 35.3 Å². The number of aliphatic hydroxyl groups excluding tert-OH is 1. The van der Waals surface area contributed by atoms with E-state index in [1.54, 1.807) is 14.2 Å². The van der Waals surface area contributed by atoms with Gasteiger partial charge in [-0.2, -0.15) is 0 Å². The average Bonchev–Trinajstić information content (AvgIpc) is 2.89. The van der Waals surface area contributed by atoms with Crippen molar-refractivity contribution in [1.82, 2.24) is 10.2 Å². The molecule has 1 amide bonds. The highest BCUT2D eigenvalue weighted by molar-refractivity contribution is 5.82. The number of nitrogens with zero attached hydrogens (tertiary/aromatic N) is 1. The molecule has 0 radical (unpaired) electrons. The first-order valence-corrected chi connectivity index (χ1v) is 14.2. The maximum Gasteiger partial charge on any atom is 0.227 e. The number of aliphatic hydroxyl groups is 1. The van der Waals surface area contributed by atoms with Gasteiger partial charge in [0.25, 0.3) is 0 Å². The maximum atomic E-state index is 13.1. The van der Waals surface area contributed by atoms with E-state index in [9.17, 15) is 9.90 Å². The Balaban J connectivity index is 1.95. The van der Waals surface area contributed by atoms with Crippen molar-refractivity contribution in [1.29, 1.82) is 0 Å². The lowest BCUT2D eigenvalue weighted by Gasteiger charge is -2.42. The van der Waals surface area contributed by atoms with Crippen LogP contribution in [0.25, 0.3) is 0 Å². The molecule has 0 aliphatic carbocycles. The minimum absolute atomic E-state index is 0.0285. The summed E-state index contributed by atoms with van der Waals surface area (Å²) in [6.07, 6.45) is 4.79. The number of hydrogen-bond acceptors (Lipinski definition) is 7. The highest BCUT2D eigenvalue weighted by Crippen LogP contribution is 2.33. The van der Waals surface area contributed by atoms with Gasteiger partial charge in [0.2, 0.25) is 5.91 Å². The molecular weight excluding hydrogens is 482 g/mol. The molecule has 1 aliphatic heterocycles. The summed E-state index contributed by atoms with van der Waals surface area (Å²) >= 11 is 0. The summed E-state index contributed by atoms with van der Waals surface area (Å²) in [5, 5.41) is 13.8. The van der Waals surface area contributed by atoms with Crippen molar-refractivity contribution in [2.24, 2.45) is 23.0 Å². The zero-order valence-electron chi connectivity index (χ0n) is 24.8. The van der Waals surface area contributed by atoms with Crippen LogP contribution in [0, 0.1) is 17.3 Å². The molecule has 38 heavy (non-hydrogen) atoms. The largest absolute Gasteiger partial charge is 0.493 e. The molecule has 1 aliphatic rings. The van der Waals surface area contributed by atoms with Crippen molar-refractivity contribution in [3.8, 4) is 11.5 Å². The number of methoxy groups -OCH3 is 2. The summed E-state index contributed by atoms with van der Waals surface area (Å²) in [5.41, 5.74) is 7.08. The van der Waals surface area contributed by atoms with Gasteiger partial charge in [-0.25, -0.2) is 0 Å². The van der Waals surface area contributed by atoms with Crippen molar-refractivity contribution < 1.29 is 24.1 Å². The van der Waals surface area contributed by atoms with Gasteiger partial charge in [0, 0.05) is 38.8 Å². The number of rotatable bonds is 16. The van der Waals surface area contributed by atoms with Crippen LogP contribution in [0.1, 0.15) is 65.4 Å². The van der Waals surface area contributed by atoms with Gasteiger partial charge >= 0.3 is 0 Å². The fourth-order valence-electron chi connectivity index (χ4n) is 5.46. The van der Waals surface area contributed by atoms with Crippen LogP contribution in [0.5, 0.6) is 11.5 Å². The number of carbonyl (C=O) groups is 1. The van der Waals surface area contributed by atoms with Gasteiger partial charge in [-0.05, 0) is 82.7 Å². The van der Waals surface area contributed by atoms with E-state index < -0.39 is 17.6 Å². The molecule has 1 aromatic rings. The van der Waals surface area contributed by atoms with Crippen LogP contribution in [0.3, 0.4) is 0 Å². The van der Waals surface area contributed by atoms with Gasteiger partial charge in [0.1, 0.15) is 0 Å². The molecular formula is C30H53N3O5. The van der Waals surface area contributed by atoms with Crippen LogP contribution in [-0.4, -0.2) is 81.7 Å². The summed E-state index contributed by atoms with van der Waals surface area (Å²) in [6, 6.07) is 5.79. The van der Waals surface area contributed by atoms with Crippen molar-refractivity contribution in [3.63, 3.8) is 0 Å². The lowest BCUT2D eigenvalue weighted by molar-refractivity contribution is -0.134. The van der Waals surface area contributed by atoms with Crippen molar-refractivity contribution in [2.45, 2.75) is 84.4 Å². The Hall–Kier alpha value is -1.87. The van der Waals surface area contributed by atoms with E-state index in [1.807, 2.05) is 26.0 Å². The molecule has 4 N–H and O–H groups in total. The number of carbonyl (C=O) groups excluding carboxylic acids is 1. The fourth-order valence-corrected chi connectivity index (χ4v) is 5.46. The lowest BCUT2D eigenvalue weighted by atomic mass is 9.78. The van der Waals surface area contributed by atoms with E-state index in [-0.39, 0.29) is 24.4 Å². The van der Waals surface area contributed by atoms with E-state index in [2.05, 4.69) is 37.2 Å². The van der Waals surface area contributed by atoms with E-state index in [0.717, 1.165) is 43.5 Å². The average molecular weight is 536 g/mol. The minimum atomic E-state index is -0.810. The van der Waals surface area contributed by atoms with Crippen molar-refractivity contribution in [3.05, 3.63) is 23.8 Å². The molecule has 1 aromatic carbocycles. The second-order valence-corrected chi connectivity index (χ2v) is 11.8. The molecule has 8 nitrogen and oxygen atoms in total. The molecule has 0 spiro atoms. The second kappa shape index (κ2) is 15.7. The number of benzene rings is 1. The molecule has 4 atom stereocenters. The highest BCUT2D eigenvalue weighted by Gasteiger charge is 2.40. The van der Waals surface area contributed by atoms with Gasteiger partial charge in [-0.15, -0.1) is 0 Å². The van der Waals surface area contributed by atoms with E-state index in [0.29, 0.717) is 31.3 Å². The predicted octanol–water partition coefficient (Wildman–Crippen LogP) is 3.63. The second-order valence-electron chi connectivity index (χ2n) is 11.8. The smallest absolute Gasteiger partial charge is 0.227 e. The zero-order chi connectivity index (χ0) is 28.3. The molecule has 1 unspecified atom stereocenters. The van der Waals surface area contributed by atoms with Crippen LogP contribution in [-0.2, 0) is 16.0 Å². The predicted molar refractivity (Wildman–Crippen MR) is 153 cm³/mol. The van der Waals surface area contributed by atoms with Gasteiger partial charge in [-0.3, -0.25) is 4.79 Å². The Kier molecular flexibility index (Phi) is 13.3. The molecule has 0 bridgehead atoms. The Morgan fingerprint density at radius 1 is 1.21 bits per heavy atom. The number of nitrogens with one attached hydrogen (secondary N) is 1. The quantitative estimate of drug-likeness (QED) is 0.278. The van der Waals surface area contributed by atoms with Gasteiger partial charge in [0.15, 0.2) is 11.5 Å². The summed E-state index contributed by atoms with van der Waals surface area (Å²) < 4.78 is 16.5. The number of likely N-dealkylation sites (tertiary alicyclic amines) is 1. The fraction of sp³-hybridized carbons (Fsp3) is 0.767. The zero-order valence-corrected chi connectivity index (χ0v) is 24.8. The van der Waals surface area contributed by atoms with Crippen molar-refractivity contribution in [2.75, 3.05) is 47.6 Å². The van der Waals surface area contributed by atoms with Crippen LogP contribution < -0.4 is 20.5 Å². The minimum Gasteiger partial charge on any atom is -0.493 e. The highest BCUT2D eigenvalue weighted by atomic mass is 16.5. The Labute approximate surface area is 230 Å². The van der Waals surface area contributed by atoms with Crippen LogP contribution in [0.15, 0.2) is 18.2 Å². The number of nitrogens with two attached hydrogens (primary N) is 1. The third kappa shape index (κ3) is 9.40. The first kappa shape index (κ1) is 32.3. The number of piperidine rings is 1. The first-order chi connectivity index (χ1) is 18.0. The topological polar surface area (TPSA) is 106 Å². The summed E-state index contributed by atoms with van der Waals surface area (Å²) in [4.78, 5) is 15.4.